The number of rotatable bonds is 9. The van der Waals surface area contributed by atoms with Crippen molar-refractivity contribution in [1.82, 2.24) is 14.5 Å². The zero-order chi connectivity index (χ0) is 22.5. The van der Waals surface area contributed by atoms with Gasteiger partial charge in [-0.25, -0.2) is 4.98 Å². The minimum absolute atomic E-state index is 0.0951. The summed E-state index contributed by atoms with van der Waals surface area (Å²) in [4.78, 5) is 19.9. The van der Waals surface area contributed by atoms with E-state index in [1.807, 2.05) is 49.1 Å². The molecule has 0 saturated heterocycles. The highest BCUT2D eigenvalue weighted by Gasteiger charge is 2.23. The lowest BCUT2D eigenvalue weighted by Crippen LogP contribution is -2.30. The minimum atomic E-state index is 0.0951. The highest BCUT2D eigenvalue weighted by Crippen LogP contribution is 2.33. The molecule has 0 aliphatic carbocycles. The van der Waals surface area contributed by atoms with E-state index in [0.717, 1.165) is 51.9 Å². The standard InChI is InChI=1S/C25H33N3O2S/c1-7-27(8-2)25(29)21-15-23(28(18(21)5)14-13-17(3)4)22-16-31-24(26-22)19-9-11-20(30-6)12-10-19/h9-12,15-17H,7-8,13-14H2,1-6H3. The van der Waals surface area contributed by atoms with Crippen LogP contribution in [0.15, 0.2) is 35.7 Å². The molecule has 31 heavy (non-hydrogen) atoms. The highest BCUT2D eigenvalue weighted by molar-refractivity contribution is 7.13. The van der Waals surface area contributed by atoms with Crippen LogP contribution in [0.2, 0.25) is 0 Å². The fourth-order valence-corrected chi connectivity index (χ4v) is 4.51. The first-order chi connectivity index (χ1) is 14.9. The van der Waals surface area contributed by atoms with Crippen molar-refractivity contribution in [3.63, 3.8) is 0 Å². The molecular formula is C25H33N3O2S. The molecule has 0 radical (unpaired) electrons. The average molecular weight is 440 g/mol. The quantitative estimate of drug-likeness (QED) is 0.403. The van der Waals surface area contributed by atoms with Crippen molar-refractivity contribution in [2.45, 2.75) is 47.6 Å². The number of carbonyl (C=O) groups excluding carboxylic acids is 1. The third-order valence-corrected chi connectivity index (χ3v) is 6.57. The Kier molecular flexibility index (Phi) is 7.55. The zero-order valence-corrected chi connectivity index (χ0v) is 20.3. The van der Waals surface area contributed by atoms with Crippen LogP contribution in [-0.4, -0.2) is 40.6 Å². The van der Waals surface area contributed by atoms with Gasteiger partial charge in [-0.05, 0) is 63.4 Å². The first-order valence-corrected chi connectivity index (χ1v) is 11.9. The van der Waals surface area contributed by atoms with Crippen LogP contribution in [0.25, 0.3) is 22.0 Å². The summed E-state index contributed by atoms with van der Waals surface area (Å²) >= 11 is 1.62. The monoisotopic (exact) mass is 439 g/mol. The first kappa shape index (κ1) is 23.1. The second-order valence-corrected chi connectivity index (χ2v) is 8.96. The molecule has 0 atom stereocenters. The lowest BCUT2D eigenvalue weighted by atomic mass is 10.1. The molecule has 1 aromatic carbocycles. The molecule has 0 bridgehead atoms. The topological polar surface area (TPSA) is 47.4 Å². The molecule has 0 aliphatic heterocycles. The maximum atomic E-state index is 13.1. The molecule has 0 spiro atoms. The predicted octanol–water partition coefficient (Wildman–Crippen LogP) is 6.12. The number of hydrogen-bond acceptors (Lipinski definition) is 4. The van der Waals surface area contributed by atoms with Gasteiger partial charge in [-0.1, -0.05) is 13.8 Å². The van der Waals surface area contributed by atoms with Crippen LogP contribution in [0, 0.1) is 12.8 Å². The highest BCUT2D eigenvalue weighted by atomic mass is 32.1. The molecule has 0 fully saturated rings. The molecule has 0 unspecified atom stereocenters. The van der Waals surface area contributed by atoms with E-state index in [2.05, 4.69) is 30.7 Å². The first-order valence-electron chi connectivity index (χ1n) is 11.0. The molecule has 0 saturated carbocycles. The van der Waals surface area contributed by atoms with Gasteiger partial charge in [0.05, 0.1) is 24.1 Å². The van der Waals surface area contributed by atoms with Crippen LogP contribution in [0.4, 0.5) is 0 Å². The van der Waals surface area contributed by atoms with Gasteiger partial charge < -0.3 is 14.2 Å². The SMILES string of the molecule is CCN(CC)C(=O)c1cc(-c2csc(-c3ccc(OC)cc3)n2)n(CCC(C)C)c1C. The van der Waals surface area contributed by atoms with E-state index < -0.39 is 0 Å². The molecule has 5 nitrogen and oxygen atoms in total. The van der Waals surface area contributed by atoms with E-state index in [1.54, 1.807) is 18.4 Å². The van der Waals surface area contributed by atoms with Gasteiger partial charge >= 0.3 is 0 Å². The van der Waals surface area contributed by atoms with Crippen LogP contribution in [-0.2, 0) is 6.54 Å². The Morgan fingerprint density at radius 1 is 1.19 bits per heavy atom. The Morgan fingerprint density at radius 3 is 2.45 bits per heavy atom. The molecule has 166 valence electrons. The fraction of sp³-hybridized carbons (Fsp3) is 0.440. The Labute approximate surface area is 189 Å². The fourth-order valence-electron chi connectivity index (χ4n) is 3.69. The van der Waals surface area contributed by atoms with Gasteiger partial charge in [0.15, 0.2) is 0 Å². The maximum absolute atomic E-state index is 13.1. The second-order valence-electron chi connectivity index (χ2n) is 8.11. The second kappa shape index (κ2) is 10.1. The third-order valence-electron chi connectivity index (χ3n) is 5.68. The van der Waals surface area contributed by atoms with E-state index in [1.165, 1.54) is 0 Å². The molecule has 0 aliphatic rings. The van der Waals surface area contributed by atoms with Gasteiger partial charge in [0.25, 0.3) is 5.91 Å². The maximum Gasteiger partial charge on any atom is 0.255 e. The van der Waals surface area contributed by atoms with Crippen molar-refractivity contribution in [2.24, 2.45) is 5.92 Å². The number of thiazole rings is 1. The summed E-state index contributed by atoms with van der Waals surface area (Å²) in [5, 5.41) is 3.05. The summed E-state index contributed by atoms with van der Waals surface area (Å²) in [7, 11) is 1.67. The molecule has 1 amide bonds. The smallest absolute Gasteiger partial charge is 0.255 e. The molecule has 2 heterocycles. The van der Waals surface area contributed by atoms with Crippen molar-refractivity contribution in [3.05, 3.63) is 47.0 Å². The van der Waals surface area contributed by atoms with Crippen molar-refractivity contribution in [1.29, 1.82) is 0 Å². The largest absolute Gasteiger partial charge is 0.497 e. The number of benzene rings is 1. The number of nitrogens with zero attached hydrogens (tertiary/aromatic N) is 3. The van der Waals surface area contributed by atoms with E-state index in [-0.39, 0.29) is 5.91 Å². The summed E-state index contributed by atoms with van der Waals surface area (Å²) in [6, 6.07) is 9.99. The van der Waals surface area contributed by atoms with Gasteiger partial charge in [0, 0.05) is 36.3 Å². The summed E-state index contributed by atoms with van der Waals surface area (Å²) in [5.41, 5.74) is 4.80. The van der Waals surface area contributed by atoms with Crippen LogP contribution >= 0.6 is 11.3 Å². The van der Waals surface area contributed by atoms with Gasteiger partial charge in [0.1, 0.15) is 10.8 Å². The average Bonchev–Trinajstić information content (AvgIpc) is 3.38. The van der Waals surface area contributed by atoms with Crippen LogP contribution in [0.1, 0.15) is 50.2 Å². The lowest BCUT2D eigenvalue weighted by Gasteiger charge is -2.18. The van der Waals surface area contributed by atoms with Crippen molar-refractivity contribution >= 4 is 17.2 Å². The van der Waals surface area contributed by atoms with Crippen LogP contribution in [0.5, 0.6) is 5.75 Å². The number of ether oxygens (including phenoxy) is 1. The van der Waals surface area contributed by atoms with Crippen LogP contribution in [0.3, 0.4) is 0 Å². The molecule has 2 aromatic heterocycles. The Bertz CT molecular complexity index is 1010. The number of methoxy groups -OCH3 is 1. The molecule has 6 heteroatoms. The summed E-state index contributed by atoms with van der Waals surface area (Å²) in [5.74, 6) is 1.51. The Balaban J connectivity index is 2.01. The zero-order valence-electron chi connectivity index (χ0n) is 19.4. The van der Waals surface area contributed by atoms with E-state index >= 15 is 0 Å². The Hall–Kier alpha value is -2.60. The summed E-state index contributed by atoms with van der Waals surface area (Å²) in [6.45, 7) is 12.8. The molecule has 3 aromatic rings. The third kappa shape index (κ3) is 5.01. The van der Waals surface area contributed by atoms with Crippen molar-refractivity contribution < 1.29 is 9.53 Å². The summed E-state index contributed by atoms with van der Waals surface area (Å²) < 4.78 is 7.53. The van der Waals surface area contributed by atoms with E-state index in [4.69, 9.17) is 9.72 Å². The van der Waals surface area contributed by atoms with Gasteiger partial charge in [-0.3, -0.25) is 4.79 Å². The van der Waals surface area contributed by atoms with Crippen molar-refractivity contribution in [3.8, 4) is 27.7 Å². The molecular weight excluding hydrogens is 406 g/mol. The number of amides is 1. The number of carbonyl (C=O) groups is 1. The predicted molar refractivity (Wildman–Crippen MR) is 129 cm³/mol. The van der Waals surface area contributed by atoms with Crippen molar-refractivity contribution in [2.75, 3.05) is 20.2 Å². The normalized spacial score (nSPS) is 11.2. The van der Waals surface area contributed by atoms with Gasteiger partial charge in [-0.2, -0.15) is 0 Å². The van der Waals surface area contributed by atoms with E-state index in [0.29, 0.717) is 19.0 Å². The minimum Gasteiger partial charge on any atom is -0.497 e. The summed E-state index contributed by atoms with van der Waals surface area (Å²) in [6.07, 6.45) is 1.05. The van der Waals surface area contributed by atoms with Gasteiger partial charge in [0.2, 0.25) is 0 Å². The number of hydrogen-bond donors (Lipinski definition) is 0. The lowest BCUT2D eigenvalue weighted by molar-refractivity contribution is 0.0772. The Morgan fingerprint density at radius 2 is 1.87 bits per heavy atom. The molecule has 0 N–H and O–H groups in total. The van der Waals surface area contributed by atoms with Gasteiger partial charge in [-0.15, -0.1) is 11.3 Å². The van der Waals surface area contributed by atoms with E-state index in [9.17, 15) is 4.79 Å². The molecule has 3 rings (SSSR count). The van der Waals surface area contributed by atoms with Crippen LogP contribution < -0.4 is 4.74 Å². The number of aromatic nitrogens is 2.